The van der Waals surface area contributed by atoms with Crippen molar-refractivity contribution in [1.29, 1.82) is 0 Å². The van der Waals surface area contributed by atoms with Gasteiger partial charge in [-0.15, -0.1) is 0 Å². The van der Waals surface area contributed by atoms with E-state index in [1.807, 2.05) is 19.0 Å². The summed E-state index contributed by atoms with van der Waals surface area (Å²) in [5.74, 6) is -0.0787. The molecule has 0 aliphatic carbocycles. The maximum absolute atomic E-state index is 12.8. The Morgan fingerprint density at radius 2 is 1.83 bits per heavy atom. The van der Waals surface area contributed by atoms with Crippen molar-refractivity contribution in [2.75, 3.05) is 27.2 Å². The molecule has 0 amide bonds. The molecule has 96 valence electrons. The van der Waals surface area contributed by atoms with Crippen LogP contribution in [0.3, 0.4) is 0 Å². The van der Waals surface area contributed by atoms with Crippen LogP contribution in [-0.2, 0) is 0 Å². The van der Waals surface area contributed by atoms with E-state index >= 15 is 0 Å². The van der Waals surface area contributed by atoms with Crippen LogP contribution in [-0.4, -0.2) is 39.1 Å². The predicted molar refractivity (Wildman–Crippen MR) is 63.9 cm³/mol. The minimum absolute atomic E-state index is 0. The Labute approximate surface area is 148 Å². The van der Waals surface area contributed by atoms with Gasteiger partial charge in [0.1, 0.15) is 6.61 Å². The van der Waals surface area contributed by atoms with E-state index in [-0.39, 0.29) is 63.7 Å². The Bertz CT molecular complexity index is 385. The number of nitrogens with zero attached hydrogens (tertiary/aromatic N) is 1. The first kappa shape index (κ1) is 18.5. The number of benzene rings is 1. The van der Waals surface area contributed by atoms with E-state index in [4.69, 9.17) is 4.74 Å². The number of rotatable bonds is 5. The molecule has 7 heteroatoms. The summed E-state index contributed by atoms with van der Waals surface area (Å²) in [5, 5.41) is 0. The van der Waals surface area contributed by atoms with Crippen molar-refractivity contribution in [2.24, 2.45) is 0 Å². The second-order valence-corrected chi connectivity index (χ2v) is 4.27. The van der Waals surface area contributed by atoms with Gasteiger partial charge < -0.3 is 22.6 Å². The summed E-state index contributed by atoms with van der Waals surface area (Å²) in [7, 11) is 3.68. The van der Waals surface area contributed by atoms with Gasteiger partial charge in [-0.25, -0.2) is 0 Å². The first-order valence-electron chi connectivity index (χ1n) is 5.38. The standard InChI is InChI=1S/C11H16BF3NO.K/c1-9-4-5-11(17-7-6-16(2)3)10(8-9)12(13,14)15;/h4-5,8H,6-7H2,1-3H3;/q-1;+1. The van der Waals surface area contributed by atoms with Gasteiger partial charge in [-0.3, -0.25) is 0 Å². The van der Waals surface area contributed by atoms with Crippen molar-refractivity contribution in [3.63, 3.8) is 0 Å². The molecule has 0 radical (unpaired) electrons. The van der Waals surface area contributed by atoms with Gasteiger partial charge >= 0.3 is 58.4 Å². The first-order chi connectivity index (χ1) is 7.80. The summed E-state index contributed by atoms with van der Waals surface area (Å²) >= 11 is 0. The Morgan fingerprint density at radius 3 is 2.33 bits per heavy atom. The van der Waals surface area contributed by atoms with Crippen LogP contribution < -0.4 is 61.6 Å². The third-order valence-corrected chi connectivity index (χ3v) is 2.31. The zero-order chi connectivity index (χ0) is 13.1. The molecule has 2 nitrogen and oxygen atoms in total. The number of halogens is 3. The third-order valence-electron chi connectivity index (χ3n) is 2.31. The predicted octanol–water partition coefficient (Wildman–Crippen LogP) is -1.01. The fourth-order valence-corrected chi connectivity index (χ4v) is 1.39. The molecule has 0 N–H and O–H groups in total. The van der Waals surface area contributed by atoms with Crippen molar-refractivity contribution >= 4 is 12.4 Å². The quantitative estimate of drug-likeness (QED) is 0.643. The van der Waals surface area contributed by atoms with E-state index in [2.05, 4.69) is 0 Å². The maximum atomic E-state index is 12.8. The molecule has 0 spiro atoms. The molecule has 1 aromatic rings. The van der Waals surface area contributed by atoms with Crippen LogP contribution in [0, 0.1) is 6.92 Å². The molecule has 0 aliphatic heterocycles. The van der Waals surface area contributed by atoms with E-state index in [1.165, 1.54) is 6.07 Å². The average molecular weight is 285 g/mol. The zero-order valence-corrected chi connectivity index (χ0v) is 14.3. The van der Waals surface area contributed by atoms with E-state index in [0.717, 1.165) is 6.07 Å². The minimum atomic E-state index is -5.03. The van der Waals surface area contributed by atoms with Crippen molar-refractivity contribution < 1.29 is 69.1 Å². The van der Waals surface area contributed by atoms with E-state index in [0.29, 0.717) is 12.1 Å². The number of likely N-dealkylation sites (N-methyl/N-ethyl adjacent to an activating group) is 1. The Morgan fingerprint density at radius 1 is 1.22 bits per heavy atom. The average Bonchev–Trinajstić information content (AvgIpc) is 2.18. The first-order valence-corrected chi connectivity index (χ1v) is 5.38. The molecule has 0 saturated carbocycles. The van der Waals surface area contributed by atoms with Crippen LogP contribution in [0.1, 0.15) is 5.56 Å². The zero-order valence-electron chi connectivity index (χ0n) is 11.2. The smallest absolute Gasteiger partial charge is 0.495 e. The third kappa shape index (κ3) is 6.08. The molecule has 0 atom stereocenters. The van der Waals surface area contributed by atoms with Crippen molar-refractivity contribution in [1.82, 2.24) is 4.90 Å². The molecule has 18 heavy (non-hydrogen) atoms. The second kappa shape index (κ2) is 7.92. The van der Waals surface area contributed by atoms with Crippen LogP contribution in [0.5, 0.6) is 5.75 Å². The summed E-state index contributed by atoms with van der Waals surface area (Å²) in [6.45, 7) is -2.57. The van der Waals surface area contributed by atoms with Gasteiger partial charge in [-0.1, -0.05) is 23.2 Å². The topological polar surface area (TPSA) is 12.5 Å². The fraction of sp³-hybridized carbons (Fsp3) is 0.455. The molecule has 0 aromatic heterocycles. The van der Waals surface area contributed by atoms with Crippen LogP contribution in [0.4, 0.5) is 12.9 Å². The van der Waals surface area contributed by atoms with Crippen LogP contribution in [0.15, 0.2) is 18.2 Å². The van der Waals surface area contributed by atoms with Gasteiger partial charge in [0.25, 0.3) is 0 Å². The second-order valence-electron chi connectivity index (χ2n) is 4.27. The Hall–Kier alpha value is 0.471. The molecular weight excluding hydrogens is 269 g/mol. The van der Waals surface area contributed by atoms with Crippen LogP contribution in [0.2, 0.25) is 0 Å². The molecule has 0 aliphatic rings. The fourth-order valence-electron chi connectivity index (χ4n) is 1.39. The summed E-state index contributed by atoms with van der Waals surface area (Å²) in [5.41, 5.74) is -0.0667. The van der Waals surface area contributed by atoms with Gasteiger partial charge in [0, 0.05) is 6.54 Å². The molecular formula is C11H16BF3KNO. The van der Waals surface area contributed by atoms with Gasteiger partial charge in [-0.05, 0) is 27.1 Å². The number of ether oxygens (including phenoxy) is 1. The van der Waals surface area contributed by atoms with E-state index in [1.54, 1.807) is 13.0 Å². The summed E-state index contributed by atoms with van der Waals surface area (Å²) < 4.78 is 43.5. The normalized spacial score (nSPS) is 11.3. The number of hydrogen-bond acceptors (Lipinski definition) is 2. The van der Waals surface area contributed by atoms with E-state index < -0.39 is 12.4 Å². The summed E-state index contributed by atoms with van der Waals surface area (Å²) in [4.78, 5) is 1.85. The van der Waals surface area contributed by atoms with Crippen molar-refractivity contribution in [2.45, 2.75) is 6.92 Å². The Kier molecular flexibility index (Phi) is 8.12. The largest absolute Gasteiger partial charge is 1.00 e. The molecule has 0 unspecified atom stereocenters. The van der Waals surface area contributed by atoms with Gasteiger partial charge in [0.15, 0.2) is 0 Å². The SMILES string of the molecule is Cc1ccc(OCCN(C)C)c([B-](F)(F)F)c1.[K+]. The molecule has 0 fully saturated rings. The summed E-state index contributed by atoms with van der Waals surface area (Å²) in [6, 6.07) is 4.14. The van der Waals surface area contributed by atoms with Crippen LogP contribution >= 0.6 is 0 Å². The monoisotopic (exact) mass is 285 g/mol. The molecule has 0 heterocycles. The molecule has 0 bridgehead atoms. The Balaban J connectivity index is 0.00000289. The summed E-state index contributed by atoms with van der Waals surface area (Å²) in [6.07, 6.45) is 0. The van der Waals surface area contributed by atoms with Gasteiger partial charge in [-0.2, -0.15) is 0 Å². The van der Waals surface area contributed by atoms with Crippen LogP contribution in [0.25, 0.3) is 0 Å². The molecule has 0 saturated heterocycles. The van der Waals surface area contributed by atoms with E-state index in [9.17, 15) is 12.9 Å². The maximum Gasteiger partial charge on any atom is 1.00 e. The molecule has 1 rings (SSSR count). The minimum Gasteiger partial charge on any atom is -0.495 e. The number of hydrogen-bond donors (Lipinski definition) is 0. The molecule has 1 aromatic carbocycles. The van der Waals surface area contributed by atoms with Crippen molar-refractivity contribution in [3.8, 4) is 5.75 Å². The van der Waals surface area contributed by atoms with Gasteiger partial charge in [0.2, 0.25) is 0 Å². The number of aryl methyl sites for hydroxylation is 1. The van der Waals surface area contributed by atoms with Gasteiger partial charge in [0.05, 0.1) is 5.75 Å². The van der Waals surface area contributed by atoms with Crippen molar-refractivity contribution in [3.05, 3.63) is 23.8 Å².